The maximum absolute atomic E-state index is 12.1. The van der Waals surface area contributed by atoms with E-state index in [4.69, 9.17) is 0 Å². The van der Waals surface area contributed by atoms with Crippen LogP contribution in [-0.2, 0) is 0 Å². The number of hydrogen-bond acceptors (Lipinski definition) is 0. The highest BCUT2D eigenvalue weighted by Crippen LogP contribution is 2.46. The Morgan fingerprint density at radius 1 is 0.567 bits per heavy atom. The molecule has 0 aliphatic heterocycles. The maximum Gasteiger partial charge on any atom is 0.0897 e. The lowest BCUT2D eigenvalue weighted by Crippen LogP contribution is -2.29. The van der Waals surface area contributed by atoms with Gasteiger partial charge in [0, 0.05) is 0 Å². The zero-order valence-electron chi connectivity index (χ0n) is 20.1. The van der Waals surface area contributed by atoms with Gasteiger partial charge in [0.1, 0.15) is 0 Å². The van der Waals surface area contributed by atoms with Gasteiger partial charge in [0.2, 0.25) is 0 Å². The number of hydrogen-bond donors (Lipinski definition) is 0. The molecule has 174 valence electrons. The van der Waals surface area contributed by atoms with Crippen molar-refractivity contribution >= 4 is 0 Å². The fourth-order valence-corrected chi connectivity index (χ4v) is 7.24. The second-order valence-corrected chi connectivity index (χ2v) is 11.3. The van der Waals surface area contributed by atoms with Crippen molar-refractivity contribution in [3.63, 3.8) is 0 Å². The molecule has 3 aliphatic rings. The van der Waals surface area contributed by atoms with Crippen LogP contribution < -0.4 is 0 Å². The predicted molar refractivity (Wildman–Crippen MR) is 129 cm³/mol. The van der Waals surface area contributed by atoms with Crippen molar-refractivity contribution in [1.29, 1.82) is 0 Å². The van der Waals surface area contributed by atoms with Crippen molar-refractivity contribution in [3.05, 3.63) is 12.2 Å². The van der Waals surface area contributed by atoms with Crippen molar-refractivity contribution in [2.45, 2.75) is 129 Å². The molecule has 3 aliphatic carbocycles. The molecule has 0 atom stereocenters. The Labute approximate surface area is 187 Å². The molecule has 0 aromatic carbocycles. The lowest BCUT2D eigenvalue weighted by Gasteiger charge is -2.41. The standard InChI is InChI=1S/C29H51F/c1-2-3-9-24-11-15-26(16-12-24)28-19-21-29(22-20-28)27-17-13-25(14-18-27)10-7-5-4-6-8-23-30/h4-5,24-29H,2-3,6-23H2,1H3/b5-4+/t24-,25-,26-,27-,28?,29?. The Morgan fingerprint density at radius 2 is 1.00 bits per heavy atom. The van der Waals surface area contributed by atoms with Gasteiger partial charge in [-0.1, -0.05) is 64.0 Å². The maximum atomic E-state index is 12.1. The summed E-state index contributed by atoms with van der Waals surface area (Å²) in [5.74, 6) is 6.30. The first-order valence-corrected chi connectivity index (χ1v) is 14.0. The van der Waals surface area contributed by atoms with Crippen LogP contribution in [0.2, 0.25) is 0 Å². The van der Waals surface area contributed by atoms with E-state index in [2.05, 4.69) is 19.1 Å². The van der Waals surface area contributed by atoms with Crippen LogP contribution in [0.4, 0.5) is 4.39 Å². The summed E-state index contributed by atoms with van der Waals surface area (Å²) in [5, 5.41) is 0. The van der Waals surface area contributed by atoms with Crippen LogP contribution in [0.5, 0.6) is 0 Å². The van der Waals surface area contributed by atoms with Crippen LogP contribution in [0.25, 0.3) is 0 Å². The number of alkyl halides is 1. The molecule has 0 aromatic heterocycles. The van der Waals surface area contributed by atoms with Crippen LogP contribution in [0, 0.1) is 35.5 Å². The van der Waals surface area contributed by atoms with Crippen molar-refractivity contribution < 1.29 is 4.39 Å². The first-order chi connectivity index (χ1) is 14.8. The van der Waals surface area contributed by atoms with Crippen molar-refractivity contribution in [2.24, 2.45) is 35.5 Å². The lowest BCUT2D eigenvalue weighted by atomic mass is 9.64. The van der Waals surface area contributed by atoms with Crippen LogP contribution in [0.3, 0.4) is 0 Å². The third kappa shape index (κ3) is 7.98. The van der Waals surface area contributed by atoms with Gasteiger partial charge in [0.15, 0.2) is 0 Å². The molecule has 0 saturated heterocycles. The number of unbranched alkanes of at least 4 members (excludes halogenated alkanes) is 2. The molecule has 3 saturated carbocycles. The van der Waals surface area contributed by atoms with Gasteiger partial charge >= 0.3 is 0 Å². The second-order valence-electron chi connectivity index (χ2n) is 11.3. The van der Waals surface area contributed by atoms with Gasteiger partial charge in [-0.15, -0.1) is 0 Å². The minimum Gasteiger partial charge on any atom is -0.251 e. The van der Waals surface area contributed by atoms with E-state index in [1.54, 1.807) is 51.4 Å². The molecule has 30 heavy (non-hydrogen) atoms. The largest absolute Gasteiger partial charge is 0.251 e. The normalized spacial score (nSPS) is 35.7. The van der Waals surface area contributed by atoms with E-state index in [-0.39, 0.29) is 6.67 Å². The third-order valence-corrected chi connectivity index (χ3v) is 9.31. The molecule has 0 N–H and O–H groups in total. The lowest BCUT2D eigenvalue weighted by molar-refractivity contribution is 0.102. The summed E-state index contributed by atoms with van der Waals surface area (Å²) in [7, 11) is 0. The average Bonchev–Trinajstić information content (AvgIpc) is 2.81. The molecular formula is C29H51F. The minimum atomic E-state index is -0.170. The fraction of sp³-hybridized carbons (Fsp3) is 0.931. The molecule has 0 bridgehead atoms. The summed E-state index contributed by atoms with van der Waals surface area (Å²) in [6.07, 6.45) is 31.4. The first kappa shape index (κ1) is 24.3. The van der Waals surface area contributed by atoms with E-state index >= 15 is 0 Å². The summed E-state index contributed by atoms with van der Waals surface area (Å²) in [6.45, 7) is 2.17. The summed E-state index contributed by atoms with van der Waals surface area (Å²) in [4.78, 5) is 0. The van der Waals surface area contributed by atoms with Crippen molar-refractivity contribution in [1.82, 2.24) is 0 Å². The van der Waals surface area contributed by atoms with E-state index in [9.17, 15) is 4.39 Å². The highest BCUT2D eigenvalue weighted by atomic mass is 19.1. The monoisotopic (exact) mass is 418 g/mol. The molecule has 0 unspecified atom stereocenters. The van der Waals surface area contributed by atoms with E-state index in [1.165, 1.54) is 57.8 Å². The average molecular weight is 419 g/mol. The Bertz CT molecular complexity index is 445. The Morgan fingerprint density at radius 3 is 1.47 bits per heavy atom. The Kier molecular flexibility index (Phi) is 11.3. The molecule has 3 fully saturated rings. The molecule has 0 amide bonds. The van der Waals surface area contributed by atoms with Crippen LogP contribution in [0.15, 0.2) is 12.2 Å². The van der Waals surface area contributed by atoms with Crippen LogP contribution >= 0.6 is 0 Å². The Hall–Kier alpha value is -0.330. The van der Waals surface area contributed by atoms with E-state index in [1.807, 2.05) is 0 Å². The molecule has 0 heterocycles. The summed E-state index contributed by atoms with van der Waals surface area (Å²) >= 11 is 0. The van der Waals surface area contributed by atoms with E-state index in [0.717, 1.165) is 41.9 Å². The molecular weight excluding hydrogens is 367 g/mol. The SMILES string of the molecule is CCCC[C@H]1CC[C@H](C2CCC([C@H]3CC[C@H](CC/C=C/CCCF)CC3)CC2)CC1. The van der Waals surface area contributed by atoms with E-state index < -0.39 is 0 Å². The second kappa shape index (κ2) is 13.9. The highest BCUT2D eigenvalue weighted by Gasteiger charge is 2.34. The minimum absolute atomic E-state index is 0.170. The van der Waals surface area contributed by atoms with Gasteiger partial charge in [0.05, 0.1) is 6.67 Å². The van der Waals surface area contributed by atoms with Gasteiger partial charge < -0.3 is 0 Å². The number of rotatable bonds is 11. The summed E-state index contributed by atoms with van der Waals surface area (Å²) in [6, 6.07) is 0. The molecule has 0 aromatic rings. The number of halogens is 1. The Balaban J connectivity index is 1.27. The molecule has 0 radical (unpaired) electrons. The van der Waals surface area contributed by atoms with Crippen LogP contribution in [0.1, 0.15) is 129 Å². The van der Waals surface area contributed by atoms with Gasteiger partial charge in [-0.2, -0.15) is 0 Å². The quantitative estimate of drug-likeness (QED) is 0.231. The third-order valence-electron chi connectivity index (χ3n) is 9.31. The van der Waals surface area contributed by atoms with E-state index in [0.29, 0.717) is 6.42 Å². The van der Waals surface area contributed by atoms with Gasteiger partial charge in [0.25, 0.3) is 0 Å². The smallest absolute Gasteiger partial charge is 0.0897 e. The zero-order valence-corrected chi connectivity index (χ0v) is 20.1. The van der Waals surface area contributed by atoms with Crippen molar-refractivity contribution in [3.8, 4) is 0 Å². The molecule has 1 heteroatoms. The fourth-order valence-electron chi connectivity index (χ4n) is 7.24. The highest BCUT2D eigenvalue weighted by molar-refractivity contribution is 4.87. The first-order valence-electron chi connectivity index (χ1n) is 14.0. The van der Waals surface area contributed by atoms with Gasteiger partial charge in [-0.25, -0.2) is 0 Å². The topological polar surface area (TPSA) is 0 Å². The van der Waals surface area contributed by atoms with Gasteiger partial charge in [-0.05, 0) is 113 Å². The zero-order chi connectivity index (χ0) is 21.0. The predicted octanol–water partition coefficient (Wildman–Crippen LogP) is 9.68. The number of allylic oxidation sites excluding steroid dienone is 2. The summed E-state index contributed by atoms with van der Waals surface area (Å²) < 4.78 is 12.1. The molecule has 0 spiro atoms. The van der Waals surface area contributed by atoms with Crippen molar-refractivity contribution in [2.75, 3.05) is 6.67 Å². The summed E-state index contributed by atoms with van der Waals surface area (Å²) in [5.41, 5.74) is 0. The van der Waals surface area contributed by atoms with Crippen LogP contribution in [-0.4, -0.2) is 6.67 Å². The van der Waals surface area contributed by atoms with Gasteiger partial charge in [-0.3, -0.25) is 4.39 Å². The molecule has 3 rings (SSSR count). The molecule has 0 nitrogen and oxygen atoms in total.